The Balaban J connectivity index is 1.71. The SMILES string of the molecule is CCCCCOc1cc(-c2cccc3ccccc23)c2c(c1)c1cc(OCCCCC)c(OCCCCC)cc1c1c(OCCCCC)c(OCCCCC)ccc21. The van der Waals surface area contributed by atoms with Crippen molar-refractivity contribution in [3.63, 3.8) is 0 Å². The molecule has 0 radical (unpaired) electrons. The second kappa shape index (κ2) is 22.5. The molecule has 0 aliphatic carbocycles. The number of fused-ring (bicyclic) bond motifs is 7. The minimum absolute atomic E-state index is 0.623. The summed E-state index contributed by atoms with van der Waals surface area (Å²) in [6, 6.07) is 28.7. The van der Waals surface area contributed by atoms with Crippen LogP contribution in [-0.2, 0) is 0 Å². The lowest BCUT2D eigenvalue weighted by atomic mass is 9.87. The predicted octanol–water partition coefficient (Wildman–Crippen LogP) is 15.8. The van der Waals surface area contributed by atoms with Crippen LogP contribution in [0.1, 0.15) is 131 Å². The first-order valence-electron chi connectivity index (χ1n) is 22.8. The van der Waals surface area contributed by atoms with Crippen LogP contribution in [0.4, 0.5) is 0 Å². The summed E-state index contributed by atoms with van der Waals surface area (Å²) >= 11 is 0. The van der Waals surface area contributed by atoms with Crippen molar-refractivity contribution in [3.05, 3.63) is 78.9 Å². The van der Waals surface area contributed by atoms with Crippen LogP contribution in [0.2, 0.25) is 0 Å². The monoisotopic (exact) mass is 785 g/mol. The minimum atomic E-state index is 0.623. The van der Waals surface area contributed by atoms with Gasteiger partial charge in [0.05, 0.1) is 33.0 Å². The third-order valence-electron chi connectivity index (χ3n) is 11.3. The molecule has 6 aromatic carbocycles. The van der Waals surface area contributed by atoms with Crippen LogP contribution < -0.4 is 23.7 Å². The highest BCUT2D eigenvalue weighted by Crippen LogP contribution is 2.50. The molecule has 310 valence electrons. The topological polar surface area (TPSA) is 46.2 Å². The maximum Gasteiger partial charge on any atom is 0.169 e. The summed E-state index contributed by atoms with van der Waals surface area (Å²) in [5.41, 5.74) is 2.32. The molecule has 0 saturated carbocycles. The number of hydrogen-bond acceptors (Lipinski definition) is 5. The summed E-state index contributed by atoms with van der Waals surface area (Å²) in [5, 5.41) is 9.07. The molecule has 0 amide bonds. The summed E-state index contributed by atoms with van der Waals surface area (Å²) in [6.45, 7) is 14.4. The molecule has 6 rings (SSSR count). The number of hydrogen-bond donors (Lipinski definition) is 0. The number of rotatable bonds is 26. The molecule has 6 aromatic rings. The highest BCUT2D eigenvalue weighted by atomic mass is 16.5. The molecule has 0 atom stereocenters. The van der Waals surface area contributed by atoms with Crippen LogP contribution in [0, 0.1) is 0 Å². The quantitative estimate of drug-likeness (QED) is 0.0405. The van der Waals surface area contributed by atoms with Gasteiger partial charge in [-0.15, -0.1) is 0 Å². The summed E-state index contributed by atoms with van der Waals surface area (Å²) in [4.78, 5) is 0. The van der Waals surface area contributed by atoms with Gasteiger partial charge in [-0.1, -0.05) is 141 Å². The van der Waals surface area contributed by atoms with Gasteiger partial charge in [-0.05, 0) is 117 Å². The molecular weight excluding hydrogens is 717 g/mol. The Kier molecular flexibility index (Phi) is 16.7. The number of unbranched alkanes of at least 4 members (excludes halogenated alkanes) is 10. The molecule has 58 heavy (non-hydrogen) atoms. The van der Waals surface area contributed by atoms with Gasteiger partial charge in [0, 0.05) is 5.39 Å². The van der Waals surface area contributed by atoms with E-state index in [0.717, 1.165) is 158 Å². The van der Waals surface area contributed by atoms with E-state index in [1.807, 2.05) is 0 Å². The molecular formula is C53H68O5. The van der Waals surface area contributed by atoms with Gasteiger partial charge >= 0.3 is 0 Å². The Labute approximate surface area is 348 Å². The van der Waals surface area contributed by atoms with Crippen molar-refractivity contribution in [2.75, 3.05) is 33.0 Å². The molecule has 0 aliphatic heterocycles. The average molecular weight is 785 g/mol. The molecule has 0 fully saturated rings. The largest absolute Gasteiger partial charge is 0.494 e. The molecule has 0 saturated heterocycles. The number of benzene rings is 6. The first kappa shape index (κ1) is 43.0. The van der Waals surface area contributed by atoms with Crippen molar-refractivity contribution in [2.45, 2.75) is 131 Å². The van der Waals surface area contributed by atoms with Crippen LogP contribution in [-0.4, -0.2) is 33.0 Å². The van der Waals surface area contributed by atoms with E-state index in [2.05, 4.69) is 113 Å². The van der Waals surface area contributed by atoms with Crippen molar-refractivity contribution in [3.8, 4) is 39.9 Å². The second-order valence-corrected chi connectivity index (χ2v) is 15.9. The zero-order valence-electron chi connectivity index (χ0n) is 36.2. The van der Waals surface area contributed by atoms with Crippen LogP contribution >= 0.6 is 0 Å². The molecule has 0 unspecified atom stereocenters. The van der Waals surface area contributed by atoms with Gasteiger partial charge in [-0.3, -0.25) is 0 Å². The smallest absolute Gasteiger partial charge is 0.169 e. The Hall–Kier alpha value is -4.64. The standard InChI is InChI=1S/C53H68O5/c1-6-11-18-30-54-40-35-45(42-27-23-25-39-24-16-17-26-41(39)42)51-43-28-29-48(55-31-19-12-7-2)53(58-34-22-15-10-5)52(43)47-38-50(57-33-21-14-9-4)49(56-32-20-13-8-3)37-44(47)46(51)36-40/h16-17,23-29,35-38H,6-15,18-22,30-34H2,1-5H3. The van der Waals surface area contributed by atoms with E-state index in [-0.39, 0.29) is 0 Å². The van der Waals surface area contributed by atoms with Crippen molar-refractivity contribution in [1.29, 1.82) is 0 Å². The van der Waals surface area contributed by atoms with Crippen molar-refractivity contribution >= 4 is 43.1 Å². The molecule has 0 spiro atoms. The Morgan fingerprint density at radius 3 is 1.48 bits per heavy atom. The van der Waals surface area contributed by atoms with Crippen molar-refractivity contribution < 1.29 is 23.7 Å². The first-order chi connectivity index (χ1) is 28.6. The van der Waals surface area contributed by atoms with Crippen molar-refractivity contribution in [1.82, 2.24) is 0 Å². The van der Waals surface area contributed by atoms with E-state index in [9.17, 15) is 0 Å². The van der Waals surface area contributed by atoms with Gasteiger partial charge in [-0.2, -0.15) is 0 Å². The molecule has 0 aliphatic rings. The van der Waals surface area contributed by atoms with Gasteiger partial charge in [0.15, 0.2) is 23.0 Å². The molecule has 5 nitrogen and oxygen atoms in total. The van der Waals surface area contributed by atoms with Gasteiger partial charge in [0.2, 0.25) is 0 Å². The minimum Gasteiger partial charge on any atom is -0.494 e. The van der Waals surface area contributed by atoms with E-state index in [1.165, 1.54) is 21.7 Å². The van der Waals surface area contributed by atoms with E-state index in [4.69, 9.17) is 23.7 Å². The summed E-state index contributed by atoms with van der Waals surface area (Å²) < 4.78 is 33.6. The van der Waals surface area contributed by atoms with Crippen LogP contribution in [0.5, 0.6) is 28.7 Å². The molecule has 0 heterocycles. The first-order valence-corrected chi connectivity index (χ1v) is 22.8. The second-order valence-electron chi connectivity index (χ2n) is 15.9. The molecule has 5 heteroatoms. The van der Waals surface area contributed by atoms with Gasteiger partial charge in [0.25, 0.3) is 0 Å². The Bertz CT molecular complexity index is 2190. The molecule has 0 bridgehead atoms. The molecule has 0 aromatic heterocycles. The van der Waals surface area contributed by atoms with Gasteiger partial charge in [0.1, 0.15) is 5.75 Å². The molecule has 0 N–H and O–H groups in total. The van der Waals surface area contributed by atoms with Crippen molar-refractivity contribution in [2.24, 2.45) is 0 Å². The predicted molar refractivity (Wildman–Crippen MR) is 247 cm³/mol. The lowest BCUT2D eigenvalue weighted by molar-refractivity contribution is 0.260. The maximum atomic E-state index is 6.94. The van der Waals surface area contributed by atoms with E-state index in [1.54, 1.807) is 0 Å². The van der Waals surface area contributed by atoms with E-state index >= 15 is 0 Å². The van der Waals surface area contributed by atoms with Gasteiger partial charge < -0.3 is 23.7 Å². The van der Waals surface area contributed by atoms with E-state index in [0.29, 0.717) is 33.0 Å². The fourth-order valence-electron chi connectivity index (χ4n) is 8.06. The zero-order valence-corrected chi connectivity index (χ0v) is 36.2. The van der Waals surface area contributed by atoms with Gasteiger partial charge in [-0.25, -0.2) is 0 Å². The highest BCUT2D eigenvalue weighted by Gasteiger charge is 2.23. The highest BCUT2D eigenvalue weighted by molar-refractivity contribution is 6.31. The normalized spacial score (nSPS) is 11.5. The fourth-order valence-corrected chi connectivity index (χ4v) is 8.06. The van der Waals surface area contributed by atoms with Crippen LogP contribution in [0.3, 0.4) is 0 Å². The Morgan fingerprint density at radius 2 is 0.862 bits per heavy atom. The summed E-state index contributed by atoms with van der Waals surface area (Å²) in [6.07, 6.45) is 16.3. The lowest BCUT2D eigenvalue weighted by Gasteiger charge is -2.22. The van der Waals surface area contributed by atoms with Crippen LogP contribution in [0.25, 0.3) is 54.2 Å². The Morgan fingerprint density at radius 1 is 0.345 bits per heavy atom. The zero-order chi connectivity index (χ0) is 40.5. The average Bonchev–Trinajstić information content (AvgIpc) is 3.25. The third-order valence-corrected chi connectivity index (χ3v) is 11.3. The lowest BCUT2D eigenvalue weighted by Crippen LogP contribution is -2.05. The van der Waals surface area contributed by atoms with Crippen LogP contribution in [0.15, 0.2) is 78.9 Å². The summed E-state index contributed by atoms with van der Waals surface area (Å²) in [7, 11) is 0. The summed E-state index contributed by atoms with van der Waals surface area (Å²) in [5.74, 6) is 4.07. The third kappa shape index (κ3) is 10.5. The maximum absolute atomic E-state index is 6.94. The van der Waals surface area contributed by atoms with E-state index < -0.39 is 0 Å². The number of ether oxygens (including phenoxy) is 5. The fraction of sp³-hybridized carbons (Fsp3) is 0.472.